The zero-order valence-electron chi connectivity index (χ0n) is 27.5. The summed E-state index contributed by atoms with van der Waals surface area (Å²) in [6.07, 6.45) is 2.61. The van der Waals surface area contributed by atoms with E-state index in [1.54, 1.807) is 0 Å². The van der Waals surface area contributed by atoms with Crippen LogP contribution in [0.5, 0.6) is 5.75 Å². The fourth-order valence-corrected chi connectivity index (χ4v) is 6.48. The highest BCUT2D eigenvalue weighted by atomic mass is 19.2. The zero-order chi connectivity index (χ0) is 39.0. The number of aromatic amines is 3. The number of esters is 1. The standard InChI is InChI=1S/C39H18F10N4O2/c1-14(54)55-16-4-2-15(3-5-16)25-19-10-12-23(52-19)26(28-30(40)34(44)38(48)35(45)31(28)41)21-8-6-17(50-21)18-7-9-22(51-18)27(24-13-11-20(25)53-24)29-32(42)36(46)39(49)37(47)33(29)43/h2-13,50-52H,1H3. The van der Waals surface area contributed by atoms with E-state index in [0.717, 1.165) is 0 Å². The van der Waals surface area contributed by atoms with E-state index in [0.29, 0.717) is 5.56 Å². The summed E-state index contributed by atoms with van der Waals surface area (Å²) in [5.41, 5.74) is -3.56. The van der Waals surface area contributed by atoms with Crippen LogP contribution in [-0.2, 0) is 4.79 Å². The summed E-state index contributed by atoms with van der Waals surface area (Å²) in [5.74, 6) is -22.6. The van der Waals surface area contributed by atoms with Gasteiger partial charge < -0.3 is 19.7 Å². The van der Waals surface area contributed by atoms with Gasteiger partial charge in [0.2, 0.25) is 11.6 Å². The first-order valence-electron chi connectivity index (χ1n) is 15.9. The lowest BCUT2D eigenvalue weighted by atomic mass is 10.0. The molecule has 0 saturated carbocycles. The smallest absolute Gasteiger partial charge is 0.308 e. The number of benzene rings is 3. The molecule has 5 heterocycles. The predicted octanol–water partition coefficient (Wildman–Crippen LogP) is 11.0. The average Bonchev–Trinajstić information content (AvgIpc) is 4.01. The molecule has 0 fully saturated rings. The Balaban J connectivity index is 1.57. The topological polar surface area (TPSA) is 86.6 Å². The van der Waals surface area contributed by atoms with Gasteiger partial charge in [0.05, 0.1) is 33.5 Å². The number of ether oxygens (including phenoxy) is 1. The number of aromatic nitrogens is 4. The maximum Gasteiger partial charge on any atom is 0.308 e. The van der Waals surface area contributed by atoms with Crippen LogP contribution < -0.4 is 4.74 Å². The Bertz CT molecular complexity index is 2890. The number of rotatable bonds is 4. The van der Waals surface area contributed by atoms with E-state index in [2.05, 4.69) is 19.9 Å². The first kappa shape index (κ1) is 35.2. The molecule has 0 spiro atoms. The van der Waals surface area contributed by atoms with E-state index in [4.69, 9.17) is 4.74 Å². The Morgan fingerprint density at radius 1 is 0.436 bits per heavy atom. The molecule has 0 amide bonds. The number of hydrogen-bond donors (Lipinski definition) is 3. The summed E-state index contributed by atoms with van der Waals surface area (Å²) in [7, 11) is 0. The van der Waals surface area contributed by atoms with Crippen molar-refractivity contribution >= 4 is 51.2 Å². The van der Waals surface area contributed by atoms with Crippen LogP contribution >= 0.6 is 0 Å². The van der Waals surface area contributed by atoms with Crippen molar-refractivity contribution in [2.75, 3.05) is 0 Å². The third-order valence-electron chi connectivity index (χ3n) is 8.90. The van der Waals surface area contributed by atoms with Crippen molar-refractivity contribution in [1.82, 2.24) is 19.9 Å². The lowest BCUT2D eigenvalue weighted by molar-refractivity contribution is -0.131. The second-order valence-corrected chi connectivity index (χ2v) is 12.2. The van der Waals surface area contributed by atoms with Gasteiger partial charge in [-0.05, 0) is 66.2 Å². The van der Waals surface area contributed by atoms with E-state index < -0.39 is 86.4 Å². The van der Waals surface area contributed by atoms with Crippen molar-refractivity contribution < 1.29 is 53.4 Å². The van der Waals surface area contributed by atoms with E-state index >= 15 is 17.6 Å². The van der Waals surface area contributed by atoms with Crippen molar-refractivity contribution in [3.05, 3.63) is 130 Å². The minimum Gasteiger partial charge on any atom is -0.427 e. The van der Waals surface area contributed by atoms with Crippen LogP contribution in [0.3, 0.4) is 0 Å². The minimum atomic E-state index is -2.38. The maximum absolute atomic E-state index is 15.5. The van der Waals surface area contributed by atoms with Crippen molar-refractivity contribution in [3.8, 4) is 39.1 Å². The van der Waals surface area contributed by atoms with Gasteiger partial charge in [-0.2, -0.15) is 0 Å². The molecular formula is C39H18F10N4O2. The summed E-state index contributed by atoms with van der Waals surface area (Å²) in [5, 5.41) is 0. The van der Waals surface area contributed by atoms with E-state index in [9.17, 15) is 31.1 Å². The van der Waals surface area contributed by atoms with Crippen LogP contribution in [0, 0.1) is 58.2 Å². The number of nitrogens with one attached hydrogen (secondary N) is 3. The molecule has 0 unspecified atom stereocenters. The lowest BCUT2D eigenvalue weighted by Gasteiger charge is -2.10. The van der Waals surface area contributed by atoms with Crippen LogP contribution in [0.1, 0.15) is 18.3 Å². The van der Waals surface area contributed by atoms with Crippen LogP contribution in [0.25, 0.3) is 78.6 Å². The Kier molecular flexibility index (Phi) is 8.28. The molecule has 7 aromatic rings. The quantitative estimate of drug-likeness (QED) is 0.0548. The SMILES string of the molecule is CC(=O)Oc1ccc(-c2c3nc(c(-c4c(F)c(F)c(F)c(F)c4F)c4ccc([nH]4)c4ccc([nH]4)c(-c4c(F)c(F)c(F)c(F)c4F)c4ccc2[nH]4)C=C3)cc1. The molecule has 1 aliphatic rings. The third kappa shape index (κ3) is 5.59. The largest absolute Gasteiger partial charge is 0.427 e. The normalized spacial score (nSPS) is 11.9. The van der Waals surface area contributed by atoms with Crippen molar-refractivity contribution in [2.24, 2.45) is 0 Å². The van der Waals surface area contributed by atoms with Crippen molar-refractivity contribution in [1.29, 1.82) is 0 Å². The highest BCUT2D eigenvalue weighted by Crippen LogP contribution is 2.41. The Morgan fingerprint density at radius 2 is 0.782 bits per heavy atom. The molecule has 16 heteroatoms. The van der Waals surface area contributed by atoms with Crippen molar-refractivity contribution in [2.45, 2.75) is 6.92 Å². The first-order chi connectivity index (χ1) is 26.2. The predicted molar refractivity (Wildman–Crippen MR) is 182 cm³/mol. The summed E-state index contributed by atoms with van der Waals surface area (Å²) in [4.78, 5) is 24.7. The van der Waals surface area contributed by atoms with Gasteiger partial charge in [0.1, 0.15) is 5.75 Å². The zero-order valence-corrected chi connectivity index (χ0v) is 27.5. The summed E-state index contributed by atoms with van der Waals surface area (Å²) in [6.45, 7) is 1.18. The Hall–Kier alpha value is -6.84. The number of carbonyl (C=O) groups excluding carboxylic acids is 1. The number of fused-ring (bicyclic) bond motifs is 9. The van der Waals surface area contributed by atoms with Gasteiger partial charge in [-0.1, -0.05) is 12.1 Å². The average molecular weight is 765 g/mol. The maximum atomic E-state index is 15.5. The molecule has 1 aliphatic heterocycles. The molecule has 3 N–H and O–H groups in total. The van der Waals surface area contributed by atoms with Crippen LogP contribution in [-0.4, -0.2) is 25.9 Å². The summed E-state index contributed by atoms with van der Waals surface area (Å²) >= 11 is 0. The molecule has 0 aliphatic carbocycles. The summed E-state index contributed by atoms with van der Waals surface area (Å²) < 4.78 is 154. The molecular weight excluding hydrogens is 746 g/mol. The second-order valence-electron chi connectivity index (χ2n) is 12.2. The van der Waals surface area contributed by atoms with Crippen LogP contribution in [0.15, 0.2) is 60.7 Å². The molecule has 276 valence electrons. The van der Waals surface area contributed by atoms with E-state index in [1.807, 2.05) is 0 Å². The molecule has 8 rings (SSSR count). The first-order valence-corrected chi connectivity index (χ1v) is 15.9. The van der Waals surface area contributed by atoms with E-state index in [1.165, 1.54) is 79.7 Å². The van der Waals surface area contributed by atoms with Gasteiger partial charge in [-0.25, -0.2) is 48.9 Å². The molecule has 55 heavy (non-hydrogen) atoms. The molecule has 0 radical (unpaired) electrons. The Labute approximate surface area is 300 Å². The van der Waals surface area contributed by atoms with Gasteiger partial charge in [0.25, 0.3) is 0 Å². The Morgan fingerprint density at radius 3 is 1.24 bits per heavy atom. The van der Waals surface area contributed by atoms with Gasteiger partial charge >= 0.3 is 5.97 Å². The fourth-order valence-electron chi connectivity index (χ4n) is 6.48. The number of nitrogens with zero attached hydrogens (tertiary/aromatic N) is 1. The molecule has 4 aromatic heterocycles. The van der Waals surface area contributed by atoms with E-state index in [-0.39, 0.29) is 55.8 Å². The van der Waals surface area contributed by atoms with Gasteiger partial charge in [-0.15, -0.1) is 0 Å². The number of H-pyrrole nitrogens is 3. The van der Waals surface area contributed by atoms with Gasteiger partial charge in [0.15, 0.2) is 46.5 Å². The molecule has 8 bridgehead atoms. The number of halogens is 10. The van der Waals surface area contributed by atoms with Gasteiger partial charge in [-0.3, -0.25) is 4.79 Å². The number of hydrogen-bond acceptors (Lipinski definition) is 3. The van der Waals surface area contributed by atoms with Crippen LogP contribution in [0.4, 0.5) is 43.9 Å². The summed E-state index contributed by atoms with van der Waals surface area (Å²) in [6, 6.07) is 13.7. The van der Waals surface area contributed by atoms with Crippen LogP contribution in [0.2, 0.25) is 0 Å². The van der Waals surface area contributed by atoms with Crippen molar-refractivity contribution in [3.63, 3.8) is 0 Å². The fraction of sp³-hybridized carbons (Fsp3) is 0.0256. The molecule has 0 saturated heterocycles. The van der Waals surface area contributed by atoms with Gasteiger partial charge in [0, 0.05) is 45.7 Å². The highest BCUT2D eigenvalue weighted by Gasteiger charge is 2.31. The third-order valence-corrected chi connectivity index (χ3v) is 8.90. The number of carbonyl (C=O) groups is 1. The second kappa shape index (κ2) is 12.9. The molecule has 3 aromatic carbocycles. The lowest BCUT2D eigenvalue weighted by Crippen LogP contribution is -2.05. The molecule has 6 nitrogen and oxygen atoms in total. The monoisotopic (exact) mass is 764 g/mol. The minimum absolute atomic E-state index is 0.0195. The molecule has 0 atom stereocenters. The highest BCUT2D eigenvalue weighted by molar-refractivity contribution is 6.00.